The number of ether oxygens (including phenoxy) is 3. The number of nitrogens with zero attached hydrogens (tertiary/aromatic N) is 2. The van der Waals surface area contributed by atoms with Crippen molar-refractivity contribution in [1.82, 2.24) is 10.1 Å². The third kappa shape index (κ3) is 4.22. The normalized spacial score (nSPS) is 10.6. The van der Waals surface area contributed by atoms with Gasteiger partial charge < -0.3 is 18.7 Å². The van der Waals surface area contributed by atoms with E-state index in [4.69, 9.17) is 18.7 Å². The number of aromatic nitrogens is 2. The molecular weight excluding hydrogens is 352 g/mol. The molecule has 0 N–H and O–H groups in total. The summed E-state index contributed by atoms with van der Waals surface area (Å²) in [4.78, 5) is 28.0. The van der Waals surface area contributed by atoms with Crippen molar-refractivity contribution in [2.45, 2.75) is 20.5 Å². The van der Waals surface area contributed by atoms with Crippen LogP contribution in [0.3, 0.4) is 0 Å². The molecule has 0 saturated carbocycles. The van der Waals surface area contributed by atoms with Crippen LogP contribution in [-0.2, 0) is 16.1 Å². The second-order valence-corrected chi connectivity index (χ2v) is 5.43. The molecule has 27 heavy (non-hydrogen) atoms. The van der Waals surface area contributed by atoms with Crippen LogP contribution in [0.4, 0.5) is 0 Å². The second-order valence-electron chi connectivity index (χ2n) is 5.43. The first-order chi connectivity index (χ1) is 13.1. The number of carbonyl (C=O) groups excluding carboxylic acids is 2. The van der Waals surface area contributed by atoms with E-state index in [1.54, 1.807) is 19.9 Å². The molecule has 0 atom stereocenters. The number of carbonyl (C=O) groups is 2. The monoisotopic (exact) mass is 370 g/mol. The highest BCUT2D eigenvalue weighted by molar-refractivity contribution is 5.94. The van der Waals surface area contributed by atoms with Crippen LogP contribution in [0.2, 0.25) is 0 Å². The van der Waals surface area contributed by atoms with Gasteiger partial charge in [0.15, 0.2) is 17.1 Å². The first-order valence-electron chi connectivity index (χ1n) is 8.44. The SMILES string of the molecule is CCOC(=O)c1cc(COc2cc(C(=O)OCC)nc3ccccc23)on1. The van der Waals surface area contributed by atoms with Crippen LogP contribution in [0.15, 0.2) is 40.9 Å². The highest BCUT2D eigenvalue weighted by atomic mass is 16.5. The van der Waals surface area contributed by atoms with Crippen molar-refractivity contribution in [3.63, 3.8) is 0 Å². The zero-order chi connectivity index (χ0) is 19.2. The topological polar surface area (TPSA) is 101 Å². The van der Waals surface area contributed by atoms with Crippen molar-refractivity contribution in [1.29, 1.82) is 0 Å². The summed E-state index contributed by atoms with van der Waals surface area (Å²) in [5.74, 6) is -0.307. The Kier molecular flexibility index (Phi) is 5.65. The predicted octanol–water partition coefficient (Wildman–Crippen LogP) is 3.16. The number of hydrogen-bond acceptors (Lipinski definition) is 8. The summed E-state index contributed by atoms with van der Waals surface area (Å²) in [5.41, 5.74) is 0.820. The Morgan fingerprint density at radius 3 is 2.44 bits per heavy atom. The lowest BCUT2D eigenvalue weighted by Gasteiger charge is -2.10. The van der Waals surface area contributed by atoms with Gasteiger partial charge in [-0.15, -0.1) is 0 Å². The molecule has 8 nitrogen and oxygen atoms in total. The van der Waals surface area contributed by atoms with Crippen LogP contribution in [-0.4, -0.2) is 35.3 Å². The molecule has 0 saturated heterocycles. The Hall–Kier alpha value is -3.42. The van der Waals surface area contributed by atoms with Crippen LogP contribution in [0.1, 0.15) is 40.6 Å². The van der Waals surface area contributed by atoms with Gasteiger partial charge in [0.1, 0.15) is 12.4 Å². The quantitative estimate of drug-likeness (QED) is 0.585. The van der Waals surface area contributed by atoms with Gasteiger partial charge in [0.25, 0.3) is 0 Å². The Bertz CT molecular complexity index is 966. The predicted molar refractivity (Wildman–Crippen MR) is 94.5 cm³/mol. The summed E-state index contributed by atoms with van der Waals surface area (Å²) in [6, 6.07) is 10.2. The summed E-state index contributed by atoms with van der Waals surface area (Å²) >= 11 is 0. The van der Waals surface area contributed by atoms with E-state index in [2.05, 4.69) is 10.1 Å². The van der Waals surface area contributed by atoms with Gasteiger partial charge in [0, 0.05) is 17.5 Å². The number of para-hydroxylation sites is 1. The maximum absolute atomic E-state index is 12.0. The van der Waals surface area contributed by atoms with E-state index >= 15 is 0 Å². The van der Waals surface area contributed by atoms with E-state index in [-0.39, 0.29) is 31.2 Å². The minimum atomic E-state index is -0.563. The molecule has 3 rings (SSSR count). The van der Waals surface area contributed by atoms with Crippen LogP contribution < -0.4 is 4.74 Å². The van der Waals surface area contributed by atoms with E-state index in [1.807, 2.05) is 18.2 Å². The van der Waals surface area contributed by atoms with E-state index in [0.717, 1.165) is 5.39 Å². The van der Waals surface area contributed by atoms with Gasteiger partial charge >= 0.3 is 11.9 Å². The molecule has 0 amide bonds. The van der Waals surface area contributed by atoms with Crippen molar-refractivity contribution in [3.8, 4) is 5.75 Å². The maximum atomic E-state index is 12.0. The van der Waals surface area contributed by atoms with Gasteiger partial charge in [-0.1, -0.05) is 17.3 Å². The Morgan fingerprint density at radius 2 is 1.70 bits per heavy atom. The molecule has 0 unspecified atom stereocenters. The lowest BCUT2D eigenvalue weighted by molar-refractivity contribution is 0.0507. The van der Waals surface area contributed by atoms with Gasteiger partial charge in [-0.05, 0) is 26.0 Å². The molecule has 0 bridgehead atoms. The Balaban J connectivity index is 1.83. The lowest BCUT2D eigenvalue weighted by Crippen LogP contribution is -2.08. The van der Waals surface area contributed by atoms with E-state index in [9.17, 15) is 9.59 Å². The number of benzene rings is 1. The standard InChI is InChI=1S/C19H18N2O6/c1-3-24-18(22)15-10-17(13-7-5-6-8-14(13)20-15)26-11-12-9-16(21-27-12)19(23)25-4-2/h5-10H,3-4,11H2,1-2H3. The van der Waals surface area contributed by atoms with Crippen molar-refractivity contribution >= 4 is 22.8 Å². The maximum Gasteiger partial charge on any atom is 0.360 e. The van der Waals surface area contributed by atoms with Crippen molar-refractivity contribution in [3.05, 3.63) is 53.5 Å². The lowest BCUT2D eigenvalue weighted by atomic mass is 10.2. The Labute approximate surface area is 155 Å². The minimum absolute atomic E-state index is 0.0165. The number of hydrogen-bond donors (Lipinski definition) is 0. The average Bonchev–Trinajstić information content (AvgIpc) is 3.15. The third-order valence-corrected chi connectivity index (χ3v) is 3.58. The van der Waals surface area contributed by atoms with E-state index in [1.165, 1.54) is 12.1 Å². The first-order valence-corrected chi connectivity index (χ1v) is 8.44. The minimum Gasteiger partial charge on any atom is -0.485 e. The molecule has 8 heteroatoms. The van der Waals surface area contributed by atoms with Gasteiger partial charge in [0.2, 0.25) is 0 Å². The highest BCUT2D eigenvalue weighted by Gasteiger charge is 2.16. The van der Waals surface area contributed by atoms with Crippen LogP contribution in [0, 0.1) is 0 Å². The summed E-state index contributed by atoms with van der Waals surface area (Å²) in [6.07, 6.45) is 0. The molecule has 2 heterocycles. The fourth-order valence-electron chi connectivity index (χ4n) is 2.40. The smallest absolute Gasteiger partial charge is 0.360 e. The summed E-state index contributed by atoms with van der Waals surface area (Å²) < 4.78 is 20.8. The molecule has 0 radical (unpaired) electrons. The summed E-state index contributed by atoms with van der Waals surface area (Å²) in [6.45, 7) is 3.94. The molecule has 140 valence electrons. The van der Waals surface area contributed by atoms with Gasteiger partial charge in [0.05, 0.1) is 18.7 Å². The number of fused-ring (bicyclic) bond motifs is 1. The molecule has 1 aromatic carbocycles. The van der Waals surface area contributed by atoms with Crippen LogP contribution in [0.5, 0.6) is 5.75 Å². The molecular formula is C19H18N2O6. The second kappa shape index (κ2) is 8.31. The largest absolute Gasteiger partial charge is 0.485 e. The van der Waals surface area contributed by atoms with Gasteiger partial charge in [-0.3, -0.25) is 0 Å². The first kappa shape index (κ1) is 18.4. The number of rotatable bonds is 7. The fourth-order valence-corrected chi connectivity index (χ4v) is 2.40. The number of pyridine rings is 1. The average molecular weight is 370 g/mol. The van der Waals surface area contributed by atoms with Crippen molar-refractivity contribution in [2.75, 3.05) is 13.2 Å². The number of esters is 2. The molecule has 0 aliphatic rings. The summed E-state index contributed by atoms with van der Waals surface area (Å²) in [7, 11) is 0. The molecule has 2 aromatic heterocycles. The Morgan fingerprint density at radius 1 is 1.00 bits per heavy atom. The van der Waals surface area contributed by atoms with Gasteiger partial charge in [-0.2, -0.15) is 0 Å². The fraction of sp³-hybridized carbons (Fsp3) is 0.263. The summed E-state index contributed by atoms with van der Waals surface area (Å²) in [5, 5.41) is 4.40. The third-order valence-electron chi connectivity index (χ3n) is 3.58. The van der Waals surface area contributed by atoms with Crippen LogP contribution >= 0.6 is 0 Å². The molecule has 0 spiro atoms. The van der Waals surface area contributed by atoms with E-state index < -0.39 is 11.9 Å². The molecule has 0 aliphatic heterocycles. The zero-order valence-corrected chi connectivity index (χ0v) is 14.9. The van der Waals surface area contributed by atoms with Crippen LogP contribution in [0.25, 0.3) is 10.9 Å². The molecule has 3 aromatic rings. The molecule has 0 aliphatic carbocycles. The highest BCUT2D eigenvalue weighted by Crippen LogP contribution is 2.26. The van der Waals surface area contributed by atoms with E-state index in [0.29, 0.717) is 17.0 Å². The van der Waals surface area contributed by atoms with Gasteiger partial charge in [-0.25, -0.2) is 14.6 Å². The van der Waals surface area contributed by atoms with Crippen molar-refractivity contribution < 1.29 is 28.3 Å². The van der Waals surface area contributed by atoms with Crippen molar-refractivity contribution in [2.24, 2.45) is 0 Å². The molecule has 0 fully saturated rings. The zero-order valence-electron chi connectivity index (χ0n) is 14.9.